The van der Waals surface area contributed by atoms with Crippen LogP contribution in [-0.4, -0.2) is 41.9 Å². The lowest BCUT2D eigenvalue weighted by atomic mass is 9.78. The zero-order valence-electron chi connectivity index (χ0n) is 12.7. The monoisotopic (exact) mass is 316 g/mol. The van der Waals surface area contributed by atoms with E-state index in [1.165, 1.54) is 12.0 Å². The largest absolute Gasteiger partial charge is 0.469 e. The third-order valence-electron chi connectivity index (χ3n) is 4.93. The van der Waals surface area contributed by atoms with Crippen LogP contribution in [0.15, 0.2) is 33.6 Å². The second-order valence-corrected chi connectivity index (χ2v) is 7.42. The Morgan fingerprint density at radius 2 is 2.23 bits per heavy atom. The first-order valence-electron chi connectivity index (χ1n) is 7.72. The van der Waals surface area contributed by atoms with Crippen LogP contribution in [0.1, 0.15) is 28.1 Å². The van der Waals surface area contributed by atoms with Crippen molar-refractivity contribution in [2.24, 2.45) is 5.41 Å². The Morgan fingerprint density at radius 1 is 1.36 bits per heavy atom. The predicted molar refractivity (Wildman–Crippen MR) is 86.0 cm³/mol. The number of furan rings is 1. The summed E-state index contributed by atoms with van der Waals surface area (Å²) in [6.45, 7) is 6.91. The van der Waals surface area contributed by atoms with Gasteiger partial charge in [0, 0.05) is 31.6 Å². The molecule has 0 saturated carbocycles. The molecule has 4 nitrogen and oxygen atoms in total. The van der Waals surface area contributed by atoms with Gasteiger partial charge < -0.3 is 9.32 Å². The molecule has 2 aliphatic heterocycles. The molecule has 2 aromatic rings. The minimum Gasteiger partial charge on any atom is -0.469 e. The van der Waals surface area contributed by atoms with Crippen LogP contribution in [-0.2, 0) is 6.54 Å². The first kappa shape index (κ1) is 14.0. The third-order valence-corrected chi connectivity index (χ3v) is 5.66. The Kier molecular flexibility index (Phi) is 3.35. The summed E-state index contributed by atoms with van der Waals surface area (Å²) in [5, 5.41) is 4.36. The first-order chi connectivity index (χ1) is 10.7. The standard InChI is InChI=1S/C17H20N2O2S/c1-13-15(2-6-21-13)16(20)19-11-17(12-19)4-5-18(10-17)8-14-3-7-22-9-14/h2-3,6-7,9H,4-5,8,10-12H2,1H3. The zero-order valence-corrected chi connectivity index (χ0v) is 13.6. The van der Waals surface area contributed by atoms with E-state index in [0.29, 0.717) is 11.0 Å². The topological polar surface area (TPSA) is 36.7 Å². The molecular weight excluding hydrogens is 296 g/mol. The highest BCUT2D eigenvalue weighted by molar-refractivity contribution is 7.07. The van der Waals surface area contributed by atoms with Crippen molar-refractivity contribution in [3.05, 3.63) is 46.0 Å². The van der Waals surface area contributed by atoms with E-state index in [0.717, 1.165) is 38.5 Å². The van der Waals surface area contributed by atoms with Crippen LogP contribution < -0.4 is 0 Å². The van der Waals surface area contributed by atoms with Gasteiger partial charge in [-0.25, -0.2) is 0 Å². The second kappa shape index (κ2) is 5.25. The van der Waals surface area contributed by atoms with E-state index in [2.05, 4.69) is 21.7 Å². The van der Waals surface area contributed by atoms with E-state index in [1.54, 1.807) is 23.7 Å². The average Bonchev–Trinajstić information content (AvgIpc) is 3.17. The molecule has 116 valence electrons. The van der Waals surface area contributed by atoms with Crippen LogP contribution in [0.4, 0.5) is 0 Å². The molecule has 4 rings (SSSR count). The number of amides is 1. The number of carbonyl (C=O) groups is 1. The molecule has 2 aromatic heterocycles. The van der Waals surface area contributed by atoms with Crippen LogP contribution in [0.2, 0.25) is 0 Å². The highest BCUT2D eigenvalue weighted by Gasteiger charge is 2.49. The van der Waals surface area contributed by atoms with Crippen molar-refractivity contribution in [2.45, 2.75) is 19.9 Å². The van der Waals surface area contributed by atoms with Crippen LogP contribution in [0.25, 0.3) is 0 Å². The average molecular weight is 316 g/mol. The Balaban J connectivity index is 1.35. The fraction of sp³-hybridized carbons (Fsp3) is 0.471. The number of thiophene rings is 1. The molecule has 1 amide bonds. The summed E-state index contributed by atoms with van der Waals surface area (Å²) in [4.78, 5) is 16.9. The van der Waals surface area contributed by atoms with Gasteiger partial charge in [-0.3, -0.25) is 9.69 Å². The third kappa shape index (κ3) is 2.38. The van der Waals surface area contributed by atoms with Crippen LogP contribution >= 0.6 is 11.3 Å². The predicted octanol–water partition coefficient (Wildman–Crippen LogP) is 3.00. The summed E-state index contributed by atoms with van der Waals surface area (Å²) in [5.41, 5.74) is 2.44. The van der Waals surface area contributed by atoms with Crippen molar-refractivity contribution < 1.29 is 9.21 Å². The summed E-state index contributed by atoms with van der Waals surface area (Å²) in [6.07, 6.45) is 2.79. The molecule has 2 aliphatic rings. The molecule has 5 heteroatoms. The summed E-state index contributed by atoms with van der Waals surface area (Å²) >= 11 is 1.76. The quantitative estimate of drug-likeness (QED) is 0.873. The number of hydrogen-bond acceptors (Lipinski definition) is 4. The van der Waals surface area contributed by atoms with Gasteiger partial charge in [-0.15, -0.1) is 0 Å². The van der Waals surface area contributed by atoms with Crippen LogP contribution in [0.3, 0.4) is 0 Å². The summed E-state index contributed by atoms with van der Waals surface area (Å²) in [6, 6.07) is 3.98. The first-order valence-corrected chi connectivity index (χ1v) is 8.66. The van der Waals surface area contributed by atoms with Crippen molar-refractivity contribution in [3.8, 4) is 0 Å². The molecule has 0 N–H and O–H groups in total. The highest BCUT2D eigenvalue weighted by atomic mass is 32.1. The van der Waals surface area contributed by atoms with E-state index >= 15 is 0 Å². The molecule has 0 aliphatic carbocycles. The molecule has 1 spiro atoms. The molecular formula is C17H20N2O2S. The zero-order chi connectivity index (χ0) is 15.2. The summed E-state index contributed by atoms with van der Waals surface area (Å²) in [5.74, 6) is 0.838. The molecule has 0 atom stereocenters. The summed E-state index contributed by atoms with van der Waals surface area (Å²) < 4.78 is 5.24. The molecule has 0 unspecified atom stereocenters. The number of carbonyl (C=O) groups excluding carboxylic acids is 1. The smallest absolute Gasteiger partial charge is 0.257 e. The van der Waals surface area contributed by atoms with Crippen molar-refractivity contribution in [2.75, 3.05) is 26.2 Å². The van der Waals surface area contributed by atoms with Crippen molar-refractivity contribution in [3.63, 3.8) is 0 Å². The van der Waals surface area contributed by atoms with Gasteiger partial charge in [-0.05, 0) is 48.3 Å². The van der Waals surface area contributed by atoms with Crippen molar-refractivity contribution >= 4 is 17.2 Å². The fourth-order valence-corrected chi connectivity index (χ4v) is 4.41. The highest BCUT2D eigenvalue weighted by Crippen LogP contribution is 2.40. The number of nitrogens with zero attached hydrogens (tertiary/aromatic N) is 2. The fourth-order valence-electron chi connectivity index (χ4n) is 3.75. The maximum atomic E-state index is 12.4. The molecule has 2 saturated heterocycles. The van der Waals surface area contributed by atoms with E-state index in [1.807, 2.05) is 11.8 Å². The number of hydrogen-bond donors (Lipinski definition) is 0. The van der Waals surface area contributed by atoms with Gasteiger partial charge in [0.15, 0.2) is 0 Å². The van der Waals surface area contributed by atoms with Crippen molar-refractivity contribution in [1.29, 1.82) is 0 Å². The maximum Gasteiger partial charge on any atom is 0.257 e. The minimum absolute atomic E-state index is 0.119. The molecule has 2 fully saturated rings. The Morgan fingerprint density at radius 3 is 2.91 bits per heavy atom. The molecule has 0 radical (unpaired) electrons. The minimum atomic E-state index is 0.119. The lowest BCUT2D eigenvalue weighted by Crippen LogP contribution is -2.59. The molecule has 22 heavy (non-hydrogen) atoms. The second-order valence-electron chi connectivity index (χ2n) is 6.64. The van der Waals surface area contributed by atoms with E-state index < -0.39 is 0 Å². The Bertz CT molecular complexity index is 671. The van der Waals surface area contributed by atoms with Gasteiger partial charge in [0.25, 0.3) is 5.91 Å². The van der Waals surface area contributed by atoms with Gasteiger partial charge in [-0.2, -0.15) is 11.3 Å². The Labute approximate surface area is 134 Å². The maximum absolute atomic E-state index is 12.4. The van der Waals surface area contributed by atoms with Gasteiger partial charge >= 0.3 is 0 Å². The number of aryl methyl sites for hydroxylation is 1. The molecule has 4 heterocycles. The SMILES string of the molecule is Cc1occc1C(=O)N1CC2(CCN(Cc3ccsc3)C2)C1. The van der Waals surface area contributed by atoms with Gasteiger partial charge in [0.2, 0.25) is 0 Å². The lowest BCUT2D eigenvalue weighted by Gasteiger charge is -2.48. The van der Waals surface area contributed by atoms with Gasteiger partial charge in [0.05, 0.1) is 11.8 Å². The molecule has 0 bridgehead atoms. The van der Waals surface area contributed by atoms with Crippen LogP contribution in [0, 0.1) is 12.3 Å². The van der Waals surface area contributed by atoms with Crippen LogP contribution in [0.5, 0.6) is 0 Å². The van der Waals surface area contributed by atoms with Crippen molar-refractivity contribution in [1.82, 2.24) is 9.80 Å². The molecule has 0 aromatic carbocycles. The van der Waals surface area contributed by atoms with Gasteiger partial charge in [-0.1, -0.05) is 0 Å². The van der Waals surface area contributed by atoms with E-state index in [9.17, 15) is 4.79 Å². The Hall–Kier alpha value is -1.59. The van der Waals surface area contributed by atoms with Gasteiger partial charge in [0.1, 0.15) is 5.76 Å². The number of rotatable bonds is 3. The van der Waals surface area contributed by atoms with E-state index in [-0.39, 0.29) is 5.91 Å². The van der Waals surface area contributed by atoms with E-state index in [4.69, 9.17) is 4.42 Å². The summed E-state index contributed by atoms with van der Waals surface area (Å²) in [7, 11) is 0. The number of likely N-dealkylation sites (tertiary alicyclic amines) is 2. The lowest BCUT2D eigenvalue weighted by molar-refractivity contribution is 0.0102. The normalized spacial score (nSPS) is 20.5.